The van der Waals surface area contributed by atoms with Gasteiger partial charge in [0.25, 0.3) is 5.91 Å². The van der Waals surface area contributed by atoms with E-state index in [2.05, 4.69) is 15.6 Å². The van der Waals surface area contributed by atoms with E-state index in [0.717, 1.165) is 16.3 Å². The van der Waals surface area contributed by atoms with Crippen molar-refractivity contribution in [2.45, 2.75) is 45.6 Å². The van der Waals surface area contributed by atoms with Crippen molar-refractivity contribution >= 4 is 22.8 Å². The van der Waals surface area contributed by atoms with E-state index >= 15 is 0 Å². The van der Waals surface area contributed by atoms with Gasteiger partial charge in [0.05, 0.1) is 26.0 Å². The number of fused-ring (bicyclic) bond motifs is 1. The fourth-order valence-electron chi connectivity index (χ4n) is 4.69. The van der Waals surface area contributed by atoms with E-state index < -0.39 is 11.7 Å². The number of oxazole rings is 1. The van der Waals surface area contributed by atoms with E-state index in [0.29, 0.717) is 61.1 Å². The molecule has 9 heteroatoms. The van der Waals surface area contributed by atoms with Crippen LogP contribution in [0.5, 0.6) is 11.5 Å². The first kappa shape index (κ1) is 30.4. The van der Waals surface area contributed by atoms with Crippen LogP contribution in [-0.4, -0.2) is 49.9 Å². The van der Waals surface area contributed by atoms with Gasteiger partial charge in [0, 0.05) is 30.5 Å². The lowest BCUT2D eigenvalue weighted by Gasteiger charge is -2.20. The number of rotatable bonds is 12. The van der Waals surface area contributed by atoms with E-state index in [1.165, 1.54) is 0 Å². The molecule has 3 aromatic carbocycles. The number of benzene rings is 3. The Morgan fingerprint density at radius 1 is 0.952 bits per heavy atom. The molecule has 0 fully saturated rings. The molecule has 0 aliphatic rings. The minimum absolute atomic E-state index is 0.00297. The van der Waals surface area contributed by atoms with Gasteiger partial charge in [0.2, 0.25) is 0 Å². The summed E-state index contributed by atoms with van der Waals surface area (Å²) in [4.78, 5) is 29.9. The highest BCUT2D eigenvalue weighted by molar-refractivity contribution is 6.02. The Hall–Kier alpha value is -4.53. The molecule has 0 aliphatic heterocycles. The minimum atomic E-state index is -0.562. The van der Waals surface area contributed by atoms with Crippen molar-refractivity contribution < 1.29 is 28.2 Å². The predicted molar refractivity (Wildman–Crippen MR) is 162 cm³/mol. The molecule has 0 saturated heterocycles. The van der Waals surface area contributed by atoms with Gasteiger partial charge in [-0.05, 0) is 63.1 Å². The second-order valence-corrected chi connectivity index (χ2v) is 11.1. The van der Waals surface area contributed by atoms with Crippen molar-refractivity contribution in [3.8, 4) is 22.8 Å². The van der Waals surface area contributed by atoms with Gasteiger partial charge in [0.1, 0.15) is 17.1 Å². The Morgan fingerprint density at radius 2 is 1.71 bits per heavy atom. The summed E-state index contributed by atoms with van der Waals surface area (Å²) in [6, 6.07) is 19.1. The minimum Gasteiger partial charge on any atom is -0.496 e. The zero-order chi connectivity index (χ0) is 30.1. The Kier molecular flexibility index (Phi) is 10.1. The van der Waals surface area contributed by atoms with Crippen LogP contribution in [0.25, 0.3) is 22.1 Å². The molecule has 222 valence electrons. The van der Waals surface area contributed by atoms with E-state index in [1.807, 2.05) is 81.4 Å². The molecular weight excluding hydrogens is 534 g/mol. The smallest absolute Gasteiger partial charge is 0.407 e. The second-order valence-electron chi connectivity index (χ2n) is 11.1. The van der Waals surface area contributed by atoms with Crippen LogP contribution >= 0.6 is 0 Å². The normalized spacial score (nSPS) is 12.0. The summed E-state index contributed by atoms with van der Waals surface area (Å²) in [5.74, 6) is 2.20. The number of amides is 2. The van der Waals surface area contributed by atoms with Gasteiger partial charge < -0.3 is 29.3 Å². The van der Waals surface area contributed by atoms with E-state index in [-0.39, 0.29) is 11.8 Å². The number of hydrogen-bond donors (Lipinski definition) is 2. The van der Waals surface area contributed by atoms with Gasteiger partial charge >= 0.3 is 6.09 Å². The van der Waals surface area contributed by atoms with Crippen LogP contribution in [0.1, 0.15) is 49.9 Å². The zero-order valence-electron chi connectivity index (χ0n) is 24.9. The molecule has 4 aromatic rings. The molecule has 1 aromatic heterocycles. The van der Waals surface area contributed by atoms with Crippen LogP contribution in [0, 0.1) is 5.92 Å². The Balaban J connectivity index is 1.45. The maximum absolute atomic E-state index is 13.4. The lowest BCUT2D eigenvalue weighted by atomic mass is 9.98. The summed E-state index contributed by atoms with van der Waals surface area (Å²) < 4.78 is 22.4. The van der Waals surface area contributed by atoms with Crippen LogP contribution in [-0.2, 0) is 11.2 Å². The van der Waals surface area contributed by atoms with Crippen LogP contribution in [0.3, 0.4) is 0 Å². The highest BCUT2D eigenvalue weighted by Crippen LogP contribution is 2.32. The van der Waals surface area contributed by atoms with Gasteiger partial charge in [-0.2, -0.15) is 0 Å². The molecule has 1 atom stereocenters. The zero-order valence-corrected chi connectivity index (χ0v) is 24.9. The standard InChI is InChI=1S/C33H39N3O6/c1-33(2,3)42-32(38)34-16-10-11-22(17-30-35-21-29(41-30)23-12-7-6-8-13-23)20-36-31(37)26-18-24-14-9-15-27(39-4)25(24)19-28(26)40-5/h6-9,12-15,18-19,21-22H,10-11,16-17,20H2,1-5H3,(H,34,38)(H,36,37)/t22-/m0/s1. The van der Waals surface area contributed by atoms with E-state index in [9.17, 15) is 9.59 Å². The molecule has 2 N–H and O–H groups in total. The summed E-state index contributed by atoms with van der Waals surface area (Å²) >= 11 is 0. The molecule has 0 spiro atoms. The summed E-state index contributed by atoms with van der Waals surface area (Å²) in [5, 5.41) is 7.61. The molecule has 0 aliphatic carbocycles. The molecule has 42 heavy (non-hydrogen) atoms. The highest BCUT2D eigenvalue weighted by atomic mass is 16.6. The SMILES string of the molecule is COc1cc2c(OC)cccc2cc1C(=O)NC[C@@H](CCCNC(=O)OC(C)(C)C)Cc1ncc(-c2ccccc2)o1. The number of aromatic nitrogens is 1. The van der Waals surface area contributed by atoms with Crippen molar-refractivity contribution in [3.05, 3.63) is 78.3 Å². The Bertz CT molecular complexity index is 1490. The molecule has 0 saturated carbocycles. The number of nitrogens with one attached hydrogen (secondary N) is 2. The van der Waals surface area contributed by atoms with Crippen molar-refractivity contribution in [1.82, 2.24) is 15.6 Å². The average Bonchev–Trinajstić information content (AvgIpc) is 3.44. The molecule has 1 heterocycles. The Labute approximate surface area is 246 Å². The average molecular weight is 574 g/mol. The first-order valence-corrected chi connectivity index (χ1v) is 14.1. The fraction of sp³-hybridized carbons (Fsp3) is 0.364. The maximum atomic E-state index is 13.4. The molecule has 2 amide bonds. The number of nitrogens with zero attached hydrogens (tertiary/aromatic N) is 1. The third-order valence-corrected chi connectivity index (χ3v) is 6.71. The van der Waals surface area contributed by atoms with Crippen LogP contribution < -0.4 is 20.1 Å². The second kappa shape index (κ2) is 13.9. The largest absolute Gasteiger partial charge is 0.496 e. The molecule has 0 bridgehead atoms. The number of methoxy groups -OCH3 is 2. The topological polar surface area (TPSA) is 112 Å². The van der Waals surface area contributed by atoms with Gasteiger partial charge in [-0.3, -0.25) is 4.79 Å². The number of hydrogen-bond acceptors (Lipinski definition) is 7. The molecule has 4 rings (SSSR count). The van der Waals surface area contributed by atoms with Gasteiger partial charge in [-0.1, -0.05) is 42.5 Å². The summed E-state index contributed by atoms with van der Waals surface area (Å²) in [6.45, 7) is 6.30. The predicted octanol–water partition coefficient (Wildman–Crippen LogP) is 6.41. The molecule has 0 radical (unpaired) electrons. The third kappa shape index (κ3) is 8.25. The quantitative estimate of drug-likeness (QED) is 0.189. The van der Waals surface area contributed by atoms with Crippen LogP contribution in [0.2, 0.25) is 0 Å². The lowest BCUT2D eigenvalue weighted by molar-refractivity contribution is 0.0526. The fourth-order valence-corrected chi connectivity index (χ4v) is 4.69. The van der Waals surface area contributed by atoms with Crippen molar-refractivity contribution in [2.24, 2.45) is 5.92 Å². The molecule has 9 nitrogen and oxygen atoms in total. The van der Waals surface area contributed by atoms with E-state index in [4.69, 9.17) is 18.6 Å². The molecule has 0 unspecified atom stereocenters. The summed E-state index contributed by atoms with van der Waals surface area (Å²) in [6.07, 6.45) is 3.19. The summed E-state index contributed by atoms with van der Waals surface area (Å²) in [7, 11) is 3.16. The third-order valence-electron chi connectivity index (χ3n) is 6.71. The van der Waals surface area contributed by atoms with Gasteiger partial charge in [-0.15, -0.1) is 0 Å². The van der Waals surface area contributed by atoms with Crippen molar-refractivity contribution in [3.63, 3.8) is 0 Å². The van der Waals surface area contributed by atoms with Crippen molar-refractivity contribution in [1.29, 1.82) is 0 Å². The number of carbonyl (C=O) groups is 2. The first-order chi connectivity index (χ1) is 20.2. The van der Waals surface area contributed by atoms with Gasteiger partial charge in [-0.25, -0.2) is 9.78 Å². The lowest BCUT2D eigenvalue weighted by Crippen LogP contribution is -2.34. The molecular formula is C33H39N3O6. The van der Waals surface area contributed by atoms with Crippen LogP contribution in [0.15, 0.2) is 71.3 Å². The highest BCUT2D eigenvalue weighted by Gasteiger charge is 2.20. The van der Waals surface area contributed by atoms with Crippen LogP contribution in [0.4, 0.5) is 4.79 Å². The Morgan fingerprint density at radius 3 is 2.43 bits per heavy atom. The monoisotopic (exact) mass is 573 g/mol. The van der Waals surface area contributed by atoms with Gasteiger partial charge in [0.15, 0.2) is 11.7 Å². The van der Waals surface area contributed by atoms with Crippen molar-refractivity contribution in [2.75, 3.05) is 27.3 Å². The van der Waals surface area contributed by atoms with E-state index in [1.54, 1.807) is 20.4 Å². The maximum Gasteiger partial charge on any atom is 0.407 e. The first-order valence-electron chi connectivity index (χ1n) is 14.1. The summed E-state index contributed by atoms with van der Waals surface area (Å²) in [5.41, 5.74) is 0.821. The number of ether oxygens (including phenoxy) is 3. The number of carbonyl (C=O) groups excluding carboxylic acids is 2. The number of alkyl carbamates (subject to hydrolysis) is 1.